The zero-order valence-electron chi connectivity index (χ0n) is 12.8. The molecule has 4 aromatic rings. The molecule has 0 radical (unpaired) electrons. The van der Waals surface area contributed by atoms with Crippen molar-refractivity contribution in [1.82, 2.24) is 14.8 Å². The van der Waals surface area contributed by atoms with Crippen LogP contribution in [-0.2, 0) is 0 Å². The third-order valence-electron chi connectivity index (χ3n) is 3.73. The van der Waals surface area contributed by atoms with Crippen LogP contribution >= 0.6 is 0 Å². The van der Waals surface area contributed by atoms with Crippen molar-refractivity contribution in [2.45, 2.75) is 6.92 Å². The zero-order chi connectivity index (χ0) is 16.7. The first-order valence-electron chi connectivity index (χ1n) is 7.36. The van der Waals surface area contributed by atoms with Crippen LogP contribution in [0.3, 0.4) is 0 Å². The van der Waals surface area contributed by atoms with Crippen LogP contribution in [0.25, 0.3) is 28.2 Å². The molecule has 0 bridgehead atoms. The Morgan fingerprint density at radius 3 is 2.62 bits per heavy atom. The summed E-state index contributed by atoms with van der Waals surface area (Å²) in [5.41, 5.74) is 4.12. The summed E-state index contributed by atoms with van der Waals surface area (Å²) in [6.45, 7) is 1.99. The van der Waals surface area contributed by atoms with E-state index in [1.165, 1.54) is 12.1 Å². The predicted octanol–water partition coefficient (Wildman–Crippen LogP) is 3.69. The van der Waals surface area contributed by atoms with Gasteiger partial charge in [-0.1, -0.05) is 0 Å². The number of hydrogen-bond donors (Lipinski definition) is 1. The van der Waals surface area contributed by atoms with Gasteiger partial charge in [0.05, 0.1) is 17.4 Å². The molecule has 6 nitrogen and oxygen atoms in total. The summed E-state index contributed by atoms with van der Waals surface area (Å²) < 4.78 is 7.51. The quantitative estimate of drug-likeness (QED) is 0.623. The Balaban J connectivity index is 1.70. The molecule has 2 heterocycles. The Labute approximate surface area is 137 Å². The van der Waals surface area contributed by atoms with E-state index in [1.807, 2.05) is 37.4 Å². The molecule has 2 aromatic heterocycles. The molecule has 0 aliphatic carbocycles. The Bertz CT molecular complexity index is 1050. The Morgan fingerprint density at radius 2 is 1.96 bits per heavy atom. The molecule has 6 heteroatoms. The first-order valence-corrected chi connectivity index (χ1v) is 7.36. The van der Waals surface area contributed by atoms with Crippen molar-refractivity contribution in [2.24, 2.45) is 0 Å². The van der Waals surface area contributed by atoms with E-state index in [0.29, 0.717) is 17.0 Å². The summed E-state index contributed by atoms with van der Waals surface area (Å²) in [7, 11) is 0. The van der Waals surface area contributed by atoms with Crippen molar-refractivity contribution < 1.29 is 14.3 Å². The number of benzene rings is 2. The number of hydrogen-bond acceptors (Lipinski definition) is 4. The fourth-order valence-corrected chi connectivity index (χ4v) is 2.49. The summed E-state index contributed by atoms with van der Waals surface area (Å²) in [6, 6.07) is 12.3. The maximum atomic E-state index is 11.0. The first kappa shape index (κ1) is 14.2. The van der Waals surface area contributed by atoms with Crippen molar-refractivity contribution in [3.8, 4) is 17.1 Å². The zero-order valence-corrected chi connectivity index (χ0v) is 12.8. The van der Waals surface area contributed by atoms with Crippen LogP contribution in [0.15, 0.2) is 59.3 Å². The number of carbonyl (C=O) groups is 1. The van der Waals surface area contributed by atoms with Crippen molar-refractivity contribution in [1.29, 1.82) is 0 Å². The molecule has 118 valence electrons. The van der Waals surface area contributed by atoms with Gasteiger partial charge in [0.2, 0.25) is 5.89 Å². The van der Waals surface area contributed by atoms with E-state index in [2.05, 4.69) is 10.1 Å². The number of aromatic carboxylic acids is 1. The average Bonchev–Trinajstić information content (AvgIpc) is 3.20. The standard InChI is InChI=1S/C18H13N3O3/c1-11-9-19-21(10-11)14-5-2-12(3-6-14)17-20-15-8-13(18(22)23)4-7-16(15)24-17/h2-10H,1H3,(H,22,23). The lowest BCUT2D eigenvalue weighted by molar-refractivity contribution is 0.0697. The van der Waals surface area contributed by atoms with Crippen molar-refractivity contribution in [2.75, 3.05) is 0 Å². The molecule has 0 atom stereocenters. The van der Waals surface area contributed by atoms with E-state index >= 15 is 0 Å². The number of carboxylic acid groups (broad SMARTS) is 1. The minimum Gasteiger partial charge on any atom is -0.478 e. The van der Waals surface area contributed by atoms with E-state index in [4.69, 9.17) is 9.52 Å². The highest BCUT2D eigenvalue weighted by Gasteiger charge is 2.11. The Morgan fingerprint density at radius 1 is 1.17 bits per heavy atom. The highest BCUT2D eigenvalue weighted by Crippen LogP contribution is 2.25. The maximum absolute atomic E-state index is 11.0. The van der Waals surface area contributed by atoms with E-state index in [0.717, 1.165) is 16.8 Å². The van der Waals surface area contributed by atoms with Gasteiger partial charge in [-0.25, -0.2) is 14.5 Å². The molecule has 0 saturated carbocycles. The highest BCUT2D eigenvalue weighted by molar-refractivity contribution is 5.92. The highest BCUT2D eigenvalue weighted by atomic mass is 16.4. The third kappa shape index (κ3) is 2.44. The van der Waals surface area contributed by atoms with Gasteiger partial charge >= 0.3 is 5.97 Å². The monoisotopic (exact) mass is 319 g/mol. The van der Waals surface area contributed by atoms with E-state index in [1.54, 1.807) is 16.9 Å². The fraction of sp³-hybridized carbons (Fsp3) is 0.0556. The van der Waals surface area contributed by atoms with Crippen molar-refractivity contribution in [3.63, 3.8) is 0 Å². The number of carboxylic acids is 1. The summed E-state index contributed by atoms with van der Waals surface area (Å²) in [4.78, 5) is 15.4. The number of oxazole rings is 1. The Kier molecular flexibility index (Phi) is 3.16. The largest absolute Gasteiger partial charge is 0.478 e. The number of fused-ring (bicyclic) bond motifs is 1. The minimum absolute atomic E-state index is 0.187. The average molecular weight is 319 g/mol. The lowest BCUT2D eigenvalue weighted by Crippen LogP contribution is -1.94. The van der Waals surface area contributed by atoms with Gasteiger partial charge in [0.1, 0.15) is 5.52 Å². The normalized spacial score (nSPS) is 11.0. The SMILES string of the molecule is Cc1cnn(-c2ccc(-c3nc4cc(C(=O)O)ccc4o3)cc2)c1. The van der Waals surface area contributed by atoms with Crippen LogP contribution in [0, 0.1) is 6.92 Å². The molecule has 0 spiro atoms. The molecule has 4 rings (SSSR count). The van der Waals surface area contributed by atoms with Crippen LogP contribution in [0.1, 0.15) is 15.9 Å². The predicted molar refractivity (Wildman–Crippen MR) is 88.3 cm³/mol. The molecule has 2 aromatic carbocycles. The molecule has 1 N–H and O–H groups in total. The van der Waals surface area contributed by atoms with Gasteiger partial charge in [-0.2, -0.15) is 5.10 Å². The number of nitrogens with zero attached hydrogens (tertiary/aromatic N) is 3. The minimum atomic E-state index is -0.986. The van der Waals surface area contributed by atoms with Crippen LogP contribution in [0.4, 0.5) is 0 Å². The van der Waals surface area contributed by atoms with Gasteiger partial charge in [0.15, 0.2) is 5.58 Å². The Hall–Kier alpha value is -3.41. The smallest absolute Gasteiger partial charge is 0.335 e. The van der Waals surface area contributed by atoms with Crippen LogP contribution < -0.4 is 0 Å². The number of aryl methyl sites for hydroxylation is 1. The van der Waals surface area contributed by atoms with Gasteiger partial charge < -0.3 is 9.52 Å². The molecule has 0 aliphatic heterocycles. The second kappa shape index (κ2) is 5.34. The lowest BCUT2D eigenvalue weighted by atomic mass is 10.2. The third-order valence-corrected chi connectivity index (χ3v) is 3.73. The molecule has 0 aliphatic rings. The van der Waals surface area contributed by atoms with Gasteiger partial charge in [0, 0.05) is 11.8 Å². The second-order valence-corrected chi connectivity index (χ2v) is 5.52. The van der Waals surface area contributed by atoms with Gasteiger partial charge in [-0.15, -0.1) is 0 Å². The topological polar surface area (TPSA) is 81.2 Å². The molecular formula is C18H13N3O3. The van der Waals surface area contributed by atoms with Crippen molar-refractivity contribution in [3.05, 3.63) is 66.0 Å². The molecule has 0 unspecified atom stereocenters. The van der Waals surface area contributed by atoms with Crippen LogP contribution in [-0.4, -0.2) is 25.8 Å². The summed E-state index contributed by atoms with van der Waals surface area (Å²) in [6.07, 6.45) is 3.75. The lowest BCUT2D eigenvalue weighted by Gasteiger charge is -2.01. The molecule has 0 saturated heterocycles. The fourth-order valence-electron chi connectivity index (χ4n) is 2.49. The van der Waals surface area contributed by atoms with Gasteiger partial charge in [0.25, 0.3) is 0 Å². The summed E-state index contributed by atoms with van der Waals surface area (Å²) in [5, 5.41) is 13.3. The second-order valence-electron chi connectivity index (χ2n) is 5.52. The summed E-state index contributed by atoms with van der Waals surface area (Å²) >= 11 is 0. The van der Waals surface area contributed by atoms with E-state index in [-0.39, 0.29) is 5.56 Å². The number of aromatic nitrogens is 3. The van der Waals surface area contributed by atoms with Gasteiger partial charge in [-0.05, 0) is 55.0 Å². The molecule has 0 fully saturated rings. The van der Waals surface area contributed by atoms with E-state index < -0.39 is 5.97 Å². The first-order chi connectivity index (χ1) is 11.6. The maximum Gasteiger partial charge on any atom is 0.335 e. The number of rotatable bonds is 3. The molecular weight excluding hydrogens is 306 g/mol. The summed E-state index contributed by atoms with van der Waals surface area (Å²) in [5.74, 6) is -0.531. The van der Waals surface area contributed by atoms with Gasteiger partial charge in [-0.3, -0.25) is 0 Å². The molecule has 0 amide bonds. The van der Waals surface area contributed by atoms with Crippen LogP contribution in [0.5, 0.6) is 0 Å². The van der Waals surface area contributed by atoms with Crippen LogP contribution in [0.2, 0.25) is 0 Å². The van der Waals surface area contributed by atoms with E-state index in [9.17, 15) is 4.79 Å². The molecule has 24 heavy (non-hydrogen) atoms. The van der Waals surface area contributed by atoms with Crippen molar-refractivity contribution >= 4 is 17.1 Å².